The molecule has 9 nitrogen and oxygen atoms in total. The highest BCUT2D eigenvalue weighted by Gasteiger charge is 2.40. The SMILES string of the molecule is C[C@@H](NC(=O)CCC(F)(F)F)c1ccc2nc([C@@H](NC(=O)c3cnn(CC4CCC4)n3)C3CCC(F)(F)CC3)[nH]c2c1. The molecule has 2 aromatic heterocycles. The fraction of sp³-hybridized carbons (Fsp3) is 0.607. The van der Waals surface area contributed by atoms with Crippen LogP contribution in [0.5, 0.6) is 0 Å². The van der Waals surface area contributed by atoms with Crippen LogP contribution in [0, 0.1) is 11.8 Å². The zero-order valence-corrected chi connectivity index (χ0v) is 23.2. The smallest absolute Gasteiger partial charge is 0.350 e. The number of halogens is 5. The Balaban J connectivity index is 1.33. The molecule has 2 aliphatic rings. The first-order valence-corrected chi connectivity index (χ1v) is 14.3. The topological polar surface area (TPSA) is 118 Å². The second kappa shape index (κ2) is 12.0. The van der Waals surface area contributed by atoms with Crippen LogP contribution in [0.3, 0.4) is 0 Å². The maximum Gasteiger partial charge on any atom is 0.389 e. The number of hydrogen-bond donors (Lipinski definition) is 3. The zero-order valence-electron chi connectivity index (χ0n) is 23.2. The van der Waals surface area contributed by atoms with Crippen molar-refractivity contribution >= 4 is 22.8 Å². The van der Waals surface area contributed by atoms with E-state index in [9.17, 15) is 31.5 Å². The van der Waals surface area contributed by atoms with Gasteiger partial charge in [-0.3, -0.25) is 9.59 Å². The molecule has 2 amide bonds. The third-order valence-corrected chi connectivity index (χ3v) is 8.27. The van der Waals surface area contributed by atoms with Crippen molar-refractivity contribution in [1.29, 1.82) is 0 Å². The number of H-pyrrole nitrogens is 1. The van der Waals surface area contributed by atoms with Gasteiger partial charge in [-0.2, -0.15) is 23.1 Å². The molecule has 0 bridgehead atoms. The Morgan fingerprint density at radius 1 is 1.14 bits per heavy atom. The van der Waals surface area contributed by atoms with Gasteiger partial charge < -0.3 is 15.6 Å². The Kier molecular flexibility index (Phi) is 8.51. The van der Waals surface area contributed by atoms with Gasteiger partial charge in [0, 0.05) is 19.3 Å². The van der Waals surface area contributed by atoms with Crippen molar-refractivity contribution in [3.8, 4) is 0 Å². The molecule has 0 saturated heterocycles. The van der Waals surface area contributed by atoms with Crippen molar-refractivity contribution < 1.29 is 31.5 Å². The summed E-state index contributed by atoms with van der Waals surface area (Å²) in [6, 6.07) is 3.86. The molecule has 0 aliphatic heterocycles. The summed E-state index contributed by atoms with van der Waals surface area (Å²) in [6.45, 7) is 2.30. The van der Waals surface area contributed by atoms with Crippen molar-refractivity contribution in [2.24, 2.45) is 11.8 Å². The van der Waals surface area contributed by atoms with Crippen LogP contribution in [-0.4, -0.2) is 48.9 Å². The molecular formula is C28H34F5N7O2. The molecule has 1 aromatic carbocycles. The van der Waals surface area contributed by atoms with E-state index in [1.54, 1.807) is 25.1 Å². The van der Waals surface area contributed by atoms with Crippen molar-refractivity contribution in [1.82, 2.24) is 35.6 Å². The Labute approximate surface area is 239 Å². The average Bonchev–Trinajstić information content (AvgIpc) is 3.55. The first kappa shape index (κ1) is 29.9. The van der Waals surface area contributed by atoms with E-state index in [0.717, 1.165) is 12.8 Å². The molecular weight excluding hydrogens is 561 g/mol. The number of carbonyl (C=O) groups is 2. The first-order chi connectivity index (χ1) is 19.8. The van der Waals surface area contributed by atoms with Crippen LogP contribution in [0.2, 0.25) is 0 Å². The number of amides is 2. The van der Waals surface area contributed by atoms with Crippen LogP contribution in [-0.2, 0) is 11.3 Å². The van der Waals surface area contributed by atoms with Crippen LogP contribution in [0.1, 0.15) is 98.7 Å². The minimum Gasteiger partial charge on any atom is -0.350 e. The van der Waals surface area contributed by atoms with E-state index in [1.807, 2.05) is 0 Å². The fourth-order valence-electron chi connectivity index (χ4n) is 5.53. The Morgan fingerprint density at radius 2 is 1.88 bits per heavy atom. The summed E-state index contributed by atoms with van der Waals surface area (Å²) in [5, 5.41) is 14.1. The van der Waals surface area contributed by atoms with Crippen molar-refractivity contribution in [2.75, 3.05) is 0 Å². The fourth-order valence-corrected chi connectivity index (χ4v) is 5.53. The van der Waals surface area contributed by atoms with E-state index >= 15 is 0 Å². The van der Waals surface area contributed by atoms with Crippen molar-refractivity contribution in [3.05, 3.63) is 41.5 Å². The zero-order chi connectivity index (χ0) is 30.1. The Morgan fingerprint density at radius 3 is 2.55 bits per heavy atom. The number of rotatable bonds is 10. The lowest BCUT2D eigenvalue weighted by Crippen LogP contribution is -2.38. The molecule has 2 aliphatic carbocycles. The van der Waals surface area contributed by atoms with E-state index < -0.39 is 48.8 Å². The molecule has 228 valence electrons. The quantitative estimate of drug-likeness (QED) is 0.257. The van der Waals surface area contributed by atoms with Crippen molar-refractivity contribution in [2.45, 2.75) is 95.4 Å². The summed E-state index contributed by atoms with van der Waals surface area (Å²) in [5.74, 6) is -3.35. The molecule has 2 fully saturated rings. The van der Waals surface area contributed by atoms with Gasteiger partial charge >= 0.3 is 6.18 Å². The molecule has 2 atom stereocenters. The predicted octanol–water partition coefficient (Wildman–Crippen LogP) is 5.77. The third kappa shape index (κ3) is 7.43. The van der Waals surface area contributed by atoms with Gasteiger partial charge in [0.25, 0.3) is 5.91 Å². The minimum atomic E-state index is -4.42. The number of hydrogen-bond acceptors (Lipinski definition) is 5. The molecule has 0 radical (unpaired) electrons. The molecule has 5 rings (SSSR count). The number of aromatic amines is 1. The number of fused-ring (bicyclic) bond motifs is 1. The second-order valence-corrected chi connectivity index (χ2v) is 11.5. The average molecular weight is 596 g/mol. The van der Waals surface area contributed by atoms with Crippen LogP contribution >= 0.6 is 0 Å². The van der Waals surface area contributed by atoms with Crippen LogP contribution in [0.25, 0.3) is 11.0 Å². The van der Waals surface area contributed by atoms with Gasteiger partial charge in [-0.1, -0.05) is 12.5 Å². The number of carbonyl (C=O) groups excluding carboxylic acids is 2. The molecule has 2 heterocycles. The number of aromatic nitrogens is 5. The second-order valence-electron chi connectivity index (χ2n) is 11.5. The lowest BCUT2D eigenvalue weighted by Gasteiger charge is -2.33. The van der Waals surface area contributed by atoms with Gasteiger partial charge in [-0.15, -0.1) is 5.10 Å². The van der Waals surface area contributed by atoms with Gasteiger partial charge in [0.1, 0.15) is 5.82 Å². The maximum atomic E-state index is 14.0. The summed E-state index contributed by atoms with van der Waals surface area (Å²) >= 11 is 0. The Hall–Kier alpha value is -3.58. The highest BCUT2D eigenvalue weighted by Crippen LogP contribution is 2.41. The maximum absolute atomic E-state index is 14.0. The van der Waals surface area contributed by atoms with E-state index in [0.29, 0.717) is 34.9 Å². The van der Waals surface area contributed by atoms with Gasteiger partial charge in [0.2, 0.25) is 11.8 Å². The molecule has 2 saturated carbocycles. The van der Waals surface area contributed by atoms with Crippen LogP contribution < -0.4 is 10.6 Å². The molecule has 0 spiro atoms. The van der Waals surface area contributed by atoms with Crippen LogP contribution in [0.15, 0.2) is 24.4 Å². The van der Waals surface area contributed by atoms with Gasteiger partial charge in [-0.25, -0.2) is 13.8 Å². The molecule has 3 aromatic rings. The van der Waals surface area contributed by atoms with Gasteiger partial charge in [-0.05, 0) is 62.1 Å². The van der Waals surface area contributed by atoms with E-state index in [-0.39, 0.29) is 37.3 Å². The monoisotopic (exact) mass is 595 g/mol. The van der Waals surface area contributed by atoms with Gasteiger partial charge in [0.15, 0.2) is 5.69 Å². The van der Waals surface area contributed by atoms with Crippen LogP contribution in [0.4, 0.5) is 22.0 Å². The normalized spacial score (nSPS) is 19.3. The van der Waals surface area contributed by atoms with Crippen molar-refractivity contribution in [3.63, 3.8) is 0 Å². The lowest BCUT2D eigenvalue weighted by atomic mass is 9.81. The molecule has 14 heteroatoms. The summed E-state index contributed by atoms with van der Waals surface area (Å²) in [5.41, 5.74) is 1.90. The predicted molar refractivity (Wildman–Crippen MR) is 142 cm³/mol. The number of imidazole rings is 1. The lowest BCUT2D eigenvalue weighted by molar-refractivity contribution is -0.144. The summed E-state index contributed by atoms with van der Waals surface area (Å²) in [7, 11) is 0. The number of alkyl halides is 5. The summed E-state index contributed by atoms with van der Waals surface area (Å²) in [6.07, 6.45) is -1.71. The van der Waals surface area contributed by atoms with E-state index in [4.69, 9.17) is 0 Å². The standard InChI is InChI=1S/C28H34F5N7O2/c1-16(35-23(41)9-12-28(31,32)33)19-5-6-20-21(13-19)37-25(36-20)24(18-7-10-27(29,30)11-8-18)38-26(42)22-14-34-40(39-22)15-17-3-2-4-17/h5-6,13-14,16-18,24H,2-4,7-12,15H2,1H3,(H,35,41)(H,36,37)(H,38,42)/t16-,24+/m1/s1. The third-order valence-electron chi connectivity index (χ3n) is 8.27. The summed E-state index contributed by atoms with van der Waals surface area (Å²) in [4.78, 5) is 34.6. The number of nitrogens with one attached hydrogen (secondary N) is 3. The van der Waals surface area contributed by atoms with E-state index in [1.165, 1.54) is 17.4 Å². The number of benzene rings is 1. The summed E-state index contributed by atoms with van der Waals surface area (Å²) < 4.78 is 65.4. The minimum absolute atomic E-state index is 0.133. The highest BCUT2D eigenvalue weighted by molar-refractivity contribution is 5.92. The first-order valence-electron chi connectivity index (χ1n) is 14.3. The number of nitrogens with zero attached hydrogens (tertiary/aromatic N) is 4. The molecule has 0 unspecified atom stereocenters. The van der Waals surface area contributed by atoms with Gasteiger partial charge in [0.05, 0.1) is 42.3 Å². The highest BCUT2D eigenvalue weighted by atomic mass is 19.4. The molecule has 3 N–H and O–H groups in total. The largest absolute Gasteiger partial charge is 0.389 e. The molecule has 42 heavy (non-hydrogen) atoms. The Bertz CT molecular complexity index is 1410. The van der Waals surface area contributed by atoms with E-state index in [2.05, 4.69) is 30.8 Å².